The average Bonchev–Trinajstić information content (AvgIpc) is 2.42. The lowest BCUT2D eigenvalue weighted by Gasteiger charge is -2.20. The maximum atomic E-state index is 8.46. The van der Waals surface area contributed by atoms with Crippen LogP contribution in [-0.2, 0) is 0 Å². The van der Waals surface area contributed by atoms with Crippen molar-refractivity contribution in [3.63, 3.8) is 0 Å². The lowest BCUT2D eigenvalue weighted by molar-refractivity contribution is 0.461. The third-order valence-corrected chi connectivity index (χ3v) is 3.72. The number of nitrogens with one attached hydrogen (secondary N) is 1. The smallest absolute Gasteiger partial charge is 0.103 e. The summed E-state index contributed by atoms with van der Waals surface area (Å²) in [5.74, 6) is 1.11. The van der Waals surface area contributed by atoms with Crippen LogP contribution in [0.4, 0.5) is 0 Å². The first-order valence-corrected chi connectivity index (χ1v) is 6.74. The molecule has 0 aliphatic carbocycles. The van der Waals surface area contributed by atoms with E-state index in [0.29, 0.717) is 18.4 Å². The van der Waals surface area contributed by atoms with Gasteiger partial charge in [0, 0.05) is 0 Å². The molecule has 0 heterocycles. The molecular weight excluding hydrogens is 240 g/mol. The van der Waals surface area contributed by atoms with E-state index in [2.05, 4.69) is 43.4 Å². The average molecular weight is 260 g/mol. The van der Waals surface area contributed by atoms with Gasteiger partial charge in [0.1, 0.15) is 6.54 Å². The predicted octanol–water partition coefficient (Wildman–Crippen LogP) is 3.65. The summed E-state index contributed by atoms with van der Waals surface area (Å²) in [6.07, 6.45) is 1.91. The highest BCUT2D eigenvalue weighted by atomic mass is 32.1. The van der Waals surface area contributed by atoms with Gasteiger partial charge in [-0.25, -0.2) is 0 Å². The van der Waals surface area contributed by atoms with Gasteiger partial charge >= 0.3 is 0 Å². The lowest BCUT2D eigenvalue weighted by atomic mass is 9.86. The highest BCUT2D eigenvalue weighted by Crippen LogP contribution is 2.27. The number of benzene rings is 1. The van der Waals surface area contributed by atoms with Crippen molar-refractivity contribution >= 4 is 17.2 Å². The molecule has 0 saturated carbocycles. The molecule has 1 aromatic carbocycles. The molecule has 0 radical (unpaired) electrons. The van der Waals surface area contributed by atoms with Crippen LogP contribution in [0.5, 0.6) is 0 Å². The van der Waals surface area contributed by atoms with E-state index in [1.165, 1.54) is 5.56 Å². The minimum Gasteiger partial charge on any atom is -0.367 e. The Balaban J connectivity index is 2.39. The largest absolute Gasteiger partial charge is 0.367 e. The Hall–Kier alpha value is -1.40. The van der Waals surface area contributed by atoms with Crippen molar-refractivity contribution in [2.45, 2.75) is 32.6 Å². The fourth-order valence-corrected chi connectivity index (χ4v) is 2.11. The minimum absolute atomic E-state index is 0.307. The first kappa shape index (κ1) is 14.7. The van der Waals surface area contributed by atoms with Crippen LogP contribution in [0.15, 0.2) is 30.3 Å². The molecule has 2 atom stereocenters. The normalized spacial score (nSPS) is 13.4. The van der Waals surface area contributed by atoms with Crippen molar-refractivity contribution in [3.8, 4) is 6.07 Å². The lowest BCUT2D eigenvalue weighted by Crippen LogP contribution is -2.22. The van der Waals surface area contributed by atoms with Crippen LogP contribution in [0.2, 0.25) is 0 Å². The summed E-state index contributed by atoms with van der Waals surface area (Å²) in [6, 6.07) is 12.6. The van der Waals surface area contributed by atoms with Crippen LogP contribution in [0, 0.1) is 17.2 Å². The Bertz CT molecular complexity index is 408. The van der Waals surface area contributed by atoms with Gasteiger partial charge in [-0.1, -0.05) is 56.4 Å². The van der Waals surface area contributed by atoms with E-state index in [1.54, 1.807) is 0 Å². The quantitative estimate of drug-likeness (QED) is 0.626. The van der Waals surface area contributed by atoms with Crippen molar-refractivity contribution in [2.75, 3.05) is 6.54 Å². The van der Waals surface area contributed by atoms with Gasteiger partial charge in [-0.3, -0.25) is 0 Å². The van der Waals surface area contributed by atoms with E-state index in [1.807, 2.05) is 12.1 Å². The van der Waals surface area contributed by atoms with Crippen LogP contribution in [0.1, 0.15) is 38.2 Å². The molecule has 2 nitrogen and oxygen atoms in total. The van der Waals surface area contributed by atoms with Gasteiger partial charge < -0.3 is 5.32 Å². The number of thiocarbonyl (C=S) groups is 1. The van der Waals surface area contributed by atoms with Crippen molar-refractivity contribution in [1.82, 2.24) is 5.32 Å². The second-order valence-electron chi connectivity index (χ2n) is 4.65. The standard InChI is InChI=1S/C15H20N2S/c1-12(8-9-15(18)17-11-10-16)13(2)14-6-4-3-5-7-14/h3-7,12-13H,8-9,11H2,1-2H3,(H,17,18). The van der Waals surface area contributed by atoms with Crippen LogP contribution in [-0.4, -0.2) is 11.5 Å². The van der Waals surface area contributed by atoms with Crippen LogP contribution < -0.4 is 5.32 Å². The van der Waals surface area contributed by atoms with Gasteiger partial charge in [0.2, 0.25) is 0 Å². The van der Waals surface area contributed by atoms with E-state index in [4.69, 9.17) is 17.5 Å². The summed E-state index contributed by atoms with van der Waals surface area (Å²) in [6.45, 7) is 4.82. The second kappa shape index (κ2) is 7.84. The van der Waals surface area contributed by atoms with E-state index >= 15 is 0 Å². The molecule has 3 heteroatoms. The third kappa shape index (κ3) is 4.85. The number of nitriles is 1. The van der Waals surface area contributed by atoms with Crippen LogP contribution >= 0.6 is 12.2 Å². The zero-order valence-electron chi connectivity index (χ0n) is 11.0. The zero-order chi connectivity index (χ0) is 13.4. The maximum Gasteiger partial charge on any atom is 0.103 e. The van der Waals surface area contributed by atoms with Gasteiger partial charge in [-0.05, 0) is 30.2 Å². The summed E-state index contributed by atoms with van der Waals surface area (Å²) in [5, 5.41) is 11.4. The van der Waals surface area contributed by atoms with Gasteiger partial charge in [0.25, 0.3) is 0 Å². The Kier molecular flexibility index (Phi) is 6.38. The number of hydrogen-bond donors (Lipinski definition) is 1. The van der Waals surface area contributed by atoms with Crippen LogP contribution in [0.25, 0.3) is 0 Å². The molecule has 0 amide bonds. The van der Waals surface area contributed by atoms with E-state index in [-0.39, 0.29) is 0 Å². The third-order valence-electron chi connectivity index (χ3n) is 3.37. The number of rotatable bonds is 6. The molecule has 0 fully saturated rings. The van der Waals surface area contributed by atoms with E-state index < -0.39 is 0 Å². The Morgan fingerprint density at radius 2 is 2.00 bits per heavy atom. The summed E-state index contributed by atoms with van der Waals surface area (Å²) in [7, 11) is 0. The first-order chi connectivity index (χ1) is 8.65. The van der Waals surface area contributed by atoms with Crippen molar-refractivity contribution in [2.24, 2.45) is 5.92 Å². The number of nitrogens with zero attached hydrogens (tertiary/aromatic N) is 1. The highest BCUT2D eigenvalue weighted by Gasteiger charge is 2.14. The summed E-state index contributed by atoms with van der Waals surface area (Å²) < 4.78 is 0. The molecule has 2 unspecified atom stereocenters. The summed E-state index contributed by atoms with van der Waals surface area (Å²) in [4.78, 5) is 0.795. The van der Waals surface area contributed by atoms with E-state index in [0.717, 1.165) is 17.8 Å². The van der Waals surface area contributed by atoms with Gasteiger partial charge in [0.05, 0.1) is 11.1 Å². The minimum atomic E-state index is 0.307. The molecule has 0 spiro atoms. The van der Waals surface area contributed by atoms with E-state index in [9.17, 15) is 0 Å². The number of hydrogen-bond acceptors (Lipinski definition) is 2. The van der Waals surface area contributed by atoms with Crippen molar-refractivity contribution in [3.05, 3.63) is 35.9 Å². The predicted molar refractivity (Wildman–Crippen MR) is 79.5 cm³/mol. The molecule has 0 aromatic heterocycles. The van der Waals surface area contributed by atoms with Crippen LogP contribution in [0.3, 0.4) is 0 Å². The second-order valence-corrected chi connectivity index (χ2v) is 5.14. The molecule has 96 valence electrons. The SMILES string of the molecule is CC(CCC(=S)NCC#N)C(C)c1ccccc1. The molecule has 0 saturated heterocycles. The van der Waals surface area contributed by atoms with Crippen molar-refractivity contribution in [1.29, 1.82) is 5.26 Å². The Morgan fingerprint density at radius 3 is 2.61 bits per heavy atom. The Labute approximate surface area is 115 Å². The molecule has 0 bridgehead atoms. The molecule has 0 aliphatic rings. The summed E-state index contributed by atoms with van der Waals surface area (Å²) in [5.41, 5.74) is 1.38. The maximum absolute atomic E-state index is 8.46. The fourth-order valence-electron chi connectivity index (χ4n) is 1.92. The highest BCUT2D eigenvalue weighted by molar-refractivity contribution is 7.80. The Morgan fingerprint density at radius 1 is 1.33 bits per heavy atom. The molecular formula is C15H20N2S. The van der Waals surface area contributed by atoms with Gasteiger partial charge in [-0.2, -0.15) is 5.26 Å². The monoisotopic (exact) mass is 260 g/mol. The molecule has 1 aromatic rings. The summed E-state index contributed by atoms with van der Waals surface area (Å²) >= 11 is 5.18. The van der Waals surface area contributed by atoms with Gasteiger partial charge in [0.15, 0.2) is 0 Å². The molecule has 18 heavy (non-hydrogen) atoms. The molecule has 0 aliphatic heterocycles. The first-order valence-electron chi connectivity index (χ1n) is 6.33. The molecule has 1 rings (SSSR count). The molecule has 1 N–H and O–H groups in total. The fraction of sp³-hybridized carbons (Fsp3) is 0.467. The topological polar surface area (TPSA) is 35.8 Å². The zero-order valence-corrected chi connectivity index (χ0v) is 11.8. The van der Waals surface area contributed by atoms with Crippen molar-refractivity contribution < 1.29 is 0 Å². The van der Waals surface area contributed by atoms with Gasteiger partial charge in [-0.15, -0.1) is 0 Å².